The van der Waals surface area contributed by atoms with Gasteiger partial charge in [-0.1, -0.05) is 27.7 Å². The van der Waals surface area contributed by atoms with Crippen LogP contribution in [0.15, 0.2) is 0 Å². The predicted molar refractivity (Wildman–Crippen MR) is 58.2 cm³/mol. The first-order chi connectivity index (χ1) is 6.44. The van der Waals surface area contributed by atoms with Crippen LogP contribution in [0.2, 0.25) is 0 Å². The van der Waals surface area contributed by atoms with Crippen molar-refractivity contribution in [3.63, 3.8) is 0 Å². The number of aliphatic hydroxyl groups is 1. The van der Waals surface area contributed by atoms with Crippen molar-refractivity contribution in [2.24, 2.45) is 11.3 Å². The maximum absolute atomic E-state index is 9.51. The van der Waals surface area contributed by atoms with E-state index in [4.69, 9.17) is 4.74 Å². The third-order valence-corrected chi connectivity index (χ3v) is 3.37. The van der Waals surface area contributed by atoms with Gasteiger partial charge in [0, 0.05) is 18.4 Å². The molecule has 1 saturated carbocycles. The maximum atomic E-state index is 9.51. The van der Waals surface area contributed by atoms with E-state index < -0.39 is 0 Å². The van der Waals surface area contributed by atoms with Gasteiger partial charge in [0.25, 0.3) is 0 Å². The molecule has 2 heteroatoms. The van der Waals surface area contributed by atoms with E-state index >= 15 is 0 Å². The molecule has 0 aliphatic heterocycles. The molecule has 0 aromatic heterocycles. The van der Waals surface area contributed by atoms with Crippen molar-refractivity contribution < 1.29 is 9.84 Å². The number of hydrogen-bond acceptors (Lipinski definition) is 2. The SMILES string of the molecule is CC(C)CCCOC1CC(O)C1(C)C. The molecule has 0 amide bonds. The van der Waals surface area contributed by atoms with E-state index in [2.05, 4.69) is 27.7 Å². The molecular formula is C12H24O2. The molecule has 2 nitrogen and oxygen atoms in total. The summed E-state index contributed by atoms with van der Waals surface area (Å²) < 4.78 is 5.75. The average Bonchev–Trinajstić information content (AvgIpc) is 2.10. The highest BCUT2D eigenvalue weighted by atomic mass is 16.5. The Labute approximate surface area is 87.7 Å². The van der Waals surface area contributed by atoms with Crippen molar-refractivity contribution in [3.8, 4) is 0 Å². The Bertz CT molecular complexity index is 175. The maximum Gasteiger partial charge on any atom is 0.0675 e. The van der Waals surface area contributed by atoms with Gasteiger partial charge in [-0.2, -0.15) is 0 Å². The Hall–Kier alpha value is -0.0800. The van der Waals surface area contributed by atoms with Crippen molar-refractivity contribution >= 4 is 0 Å². The molecule has 0 aromatic rings. The monoisotopic (exact) mass is 200 g/mol. The summed E-state index contributed by atoms with van der Waals surface area (Å²) in [4.78, 5) is 0. The van der Waals surface area contributed by atoms with Crippen LogP contribution in [0.4, 0.5) is 0 Å². The zero-order chi connectivity index (χ0) is 10.8. The molecule has 0 aromatic carbocycles. The molecular weight excluding hydrogens is 176 g/mol. The van der Waals surface area contributed by atoms with Crippen molar-refractivity contribution in [3.05, 3.63) is 0 Å². The van der Waals surface area contributed by atoms with Crippen LogP contribution >= 0.6 is 0 Å². The van der Waals surface area contributed by atoms with Crippen molar-refractivity contribution in [2.75, 3.05) is 6.61 Å². The van der Waals surface area contributed by atoms with Crippen LogP contribution < -0.4 is 0 Å². The molecule has 0 saturated heterocycles. The molecule has 14 heavy (non-hydrogen) atoms. The smallest absolute Gasteiger partial charge is 0.0675 e. The normalized spacial score (nSPS) is 30.4. The van der Waals surface area contributed by atoms with Gasteiger partial charge in [-0.25, -0.2) is 0 Å². The van der Waals surface area contributed by atoms with E-state index in [-0.39, 0.29) is 17.6 Å². The lowest BCUT2D eigenvalue weighted by molar-refractivity contribution is -0.175. The van der Waals surface area contributed by atoms with E-state index in [9.17, 15) is 5.11 Å². The number of ether oxygens (including phenoxy) is 1. The zero-order valence-corrected chi connectivity index (χ0v) is 9.92. The van der Waals surface area contributed by atoms with E-state index in [1.807, 2.05) is 0 Å². The van der Waals surface area contributed by atoms with Gasteiger partial charge < -0.3 is 9.84 Å². The minimum Gasteiger partial charge on any atom is -0.392 e. The Kier molecular flexibility index (Phi) is 3.96. The minimum atomic E-state index is -0.169. The van der Waals surface area contributed by atoms with Crippen LogP contribution in [0.5, 0.6) is 0 Å². The summed E-state index contributed by atoms with van der Waals surface area (Å²) in [6.45, 7) is 9.47. The van der Waals surface area contributed by atoms with E-state index in [0.717, 1.165) is 25.4 Å². The van der Waals surface area contributed by atoms with E-state index in [0.29, 0.717) is 0 Å². The lowest BCUT2D eigenvalue weighted by Gasteiger charge is -2.48. The minimum absolute atomic E-state index is 0.0299. The fourth-order valence-electron chi connectivity index (χ4n) is 1.86. The Morgan fingerprint density at radius 1 is 1.43 bits per heavy atom. The van der Waals surface area contributed by atoms with Gasteiger partial charge >= 0.3 is 0 Å². The lowest BCUT2D eigenvalue weighted by Crippen LogP contribution is -2.54. The second-order valence-corrected chi connectivity index (χ2v) is 5.47. The van der Waals surface area contributed by atoms with Crippen molar-refractivity contribution in [2.45, 2.75) is 59.2 Å². The molecule has 84 valence electrons. The Morgan fingerprint density at radius 3 is 2.50 bits per heavy atom. The molecule has 0 heterocycles. The molecule has 2 atom stereocenters. The summed E-state index contributed by atoms with van der Waals surface area (Å²) in [5, 5.41) is 9.51. The third-order valence-electron chi connectivity index (χ3n) is 3.37. The Balaban J connectivity index is 2.09. The fourth-order valence-corrected chi connectivity index (χ4v) is 1.86. The number of rotatable bonds is 5. The molecule has 1 aliphatic rings. The first-order valence-electron chi connectivity index (χ1n) is 5.74. The summed E-state index contributed by atoms with van der Waals surface area (Å²) in [7, 11) is 0. The molecule has 2 unspecified atom stereocenters. The van der Waals surface area contributed by atoms with Gasteiger partial charge in [0.15, 0.2) is 0 Å². The first kappa shape index (κ1) is 12.0. The van der Waals surface area contributed by atoms with Gasteiger partial charge in [-0.05, 0) is 18.8 Å². The second kappa shape index (κ2) is 4.63. The van der Waals surface area contributed by atoms with Crippen molar-refractivity contribution in [1.29, 1.82) is 0 Å². The van der Waals surface area contributed by atoms with E-state index in [1.165, 1.54) is 6.42 Å². The number of hydrogen-bond donors (Lipinski definition) is 1. The number of aliphatic hydroxyl groups excluding tert-OH is 1. The highest BCUT2D eigenvalue weighted by molar-refractivity contribution is 4.98. The van der Waals surface area contributed by atoms with Gasteiger partial charge in [0.05, 0.1) is 12.2 Å². The van der Waals surface area contributed by atoms with Gasteiger partial charge in [-0.3, -0.25) is 0 Å². The average molecular weight is 200 g/mol. The van der Waals surface area contributed by atoms with Gasteiger partial charge in [0.1, 0.15) is 0 Å². The summed E-state index contributed by atoms with van der Waals surface area (Å²) in [5.74, 6) is 0.763. The highest BCUT2D eigenvalue weighted by Gasteiger charge is 2.47. The zero-order valence-electron chi connectivity index (χ0n) is 9.92. The highest BCUT2D eigenvalue weighted by Crippen LogP contribution is 2.42. The summed E-state index contributed by atoms with van der Waals surface area (Å²) in [5.41, 5.74) is -0.0299. The summed E-state index contributed by atoms with van der Waals surface area (Å²) >= 11 is 0. The largest absolute Gasteiger partial charge is 0.392 e. The standard InChI is InChI=1S/C12H24O2/c1-9(2)6-5-7-14-11-8-10(13)12(11,3)4/h9-11,13H,5-8H2,1-4H3. The van der Waals surface area contributed by atoms with E-state index in [1.54, 1.807) is 0 Å². The van der Waals surface area contributed by atoms with Gasteiger partial charge in [0.2, 0.25) is 0 Å². The fraction of sp³-hybridized carbons (Fsp3) is 1.00. The van der Waals surface area contributed by atoms with Crippen molar-refractivity contribution in [1.82, 2.24) is 0 Å². The summed E-state index contributed by atoms with van der Waals surface area (Å²) in [6, 6.07) is 0. The molecule has 1 rings (SSSR count). The van der Waals surface area contributed by atoms with Gasteiger partial charge in [-0.15, -0.1) is 0 Å². The lowest BCUT2D eigenvalue weighted by atomic mass is 9.66. The first-order valence-corrected chi connectivity index (χ1v) is 5.74. The molecule has 1 N–H and O–H groups in total. The van der Waals surface area contributed by atoms with Crippen LogP contribution in [0.3, 0.4) is 0 Å². The van der Waals surface area contributed by atoms with Crippen LogP contribution in [-0.4, -0.2) is 23.9 Å². The third kappa shape index (κ3) is 2.71. The second-order valence-electron chi connectivity index (χ2n) is 5.47. The Morgan fingerprint density at radius 2 is 2.07 bits per heavy atom. The quantitative estimate of drug-likeness (QED) is 0.691. The topological polar surface area (TPSA) is 29.5 Å². The van der Waals surface area contributed by atoms with Crippen LogP contribution in [-0.2, 0) is 4.74 Å². The molecule has 1 fully saturated rings. The molecule has 0 spiro atoms. The van der Waals surface area contributed by atoms with Crippen LogP contribution in [0, 0.1) is 11.3 Å². The summed E-state index contributed by atoms with van der Waals surface area (Å²) in [6.07, 6.45) is 3.28. The van der Waals surface area contributed by atoms with Crippen LogP contribution in [0.25, 0.3) is 0 Å². The molecule has 0 bridgehead atoms. The molecule has 1 aliphatic carbocycles. The van der Waals surface area contributed by atoms with Crippen LogP contribution in [0.1, 0.15) is 47.0 Å². The molecule has 0 radical (unpaired) electrons. The predicted octanol–water partition coefficient (Wildman–Crippen LogP) is 2.60.